The minimum Gasteiger partial charge on any atom is -0.155 e. The summed E-state index contributed by atoms with van der Waals surface area (Å²) >= 11 is 6.14. The molecule has 0 aliphatic heterocycles. The molecule has 0 fully saturated rings. The molecule has 3 heteroatoms. The van der Waals surface area contributed by atoms with Crippen LogP contribution in [0.5, 0.6) is 0 Å². The topological polar surface area (TPSA) is 25.8 Å². The summed E-state index contributed by atoms with van der Waals surface area (Å²) in [5.74, 6) is 0.208. The van der Waals surface area contributed by atoms with Crippen LogP contribution in [-0.4, -0.2) is 15.6 Å². The lowest BCUT2D eigenvalue weighted by atomic mass is 9.98. The Morgan fingerprint density at radius 3 is 2.31 bits per heavy atom. The number of fused-ring (bicyclic) bond motifs is 1. The molecule has 0 aliphatic carbocycles. The predicted molar refractivity (Wildman–Crippen MR) is 68.0 cm³/mol. The Labute approximate surface area is 101 Å². The molecule has 0 bridgehead atoms. The normalized spacial score (nSPS) is 15.0. The van der Waals surface area contributed by atoms with E-state index in [0.29, 0.717) is 0 Å². The molecule has 0 N–H and O–H groups in total. The number of nitrogens with zero attached hydrogens (tertiary/aromatic N) is 2. The van der Waals surface area contributed by atoms with Gasteiger partial charge >= 0.3 is 0 Å². The van der Waals surface area contributed by atoms with Crippen LogP contribution in [0.3, 0.4) is 0 Å². The Kier molecular flexibility index (Phi) is 3.10. The first-order valence-corrected chi connectivity index (χ1v) is 5.91. The van der Waals surface area contributed by atoms with Crippen LogP contribution in [0, 0.1) is 6.92 Å². The SMILES string of the molecule is Cc1nnc(C(C)C(C)Cl)c2ccccc12. The van der Waals surface area contributed by atoms with Gasteiger partial charge in [0.15, 0.2) is 0 Å². The van der Waals surface area contributed by atoms with Gasteiger partial charge in [0.1, 0.15) is 0 Å². The number of halogens is 1. The summed E-state index contributed by atoms with van der Waals surface area (Å²) in [5, 5.41) is 10.9. The fraction of sp³-hybridized carbons (Fsp3) is 0.385. The molecular formula is C13H15ClN2. The van der Waals surface area contributed by atoms with Crippen molar-refractivity contribution in [1.29, 1.82) is 0 Å². The highest BCUT2D eigenvalue weighted by atomic mass is 35.5. The highest BCUT2D eigenvalue weighted by molar-refractivity contribution is 6.21. The summed E-state index contributed by atoms with van der Waals surface area (Å²) in [7, 11) is 0. The Bertz CT molecular complexity index is 508. The molecule has 1 heterocycles. The van der Waals surface area contributed by atoms with Gasteiger partial charge in [-0.15, -0.1) is 11.6 Å². The van der Waals surface area contributed by atoms with Crippen LogP contribution in [0.25, 0.3) is 10.8 Å². The first-order valence-electron chi connectivity index (χ1n) is 5.47. The maximum absolute atomic E-state index is 6.14. The number of hydrogen-bond donors (Lipinski definition) is 0. The summed E-state index contributed by atoms with van der Waals surface area (Å²) in [6, 6.07) is 8.21. The highest BCUT2D eigenvalue weighted by Crippen LogP contribution is 2.28. The van der Waals surface area contributed by atoms with Gasteiger partial charge in [0.25, 0.3) is 0 Å². The van der Waals surface area contributed by atoms with Crippen LogP contribution in [0.2, 0.25) is 0 Å². The van der Waals surface area contributed by atoms with Gasteiger partial charge in [0.2, 0.25) is 0 Å². The monoisotopic (exact) mass is 234 g/mol. The van der Waals surface area contributed by atoms with E-state index in [4.69, 9.17) is 11.6 Å². The minimum absolute atomic E-state index is 0.0559. The maximum Gasteiger partial charge on any atom is 0.0752 e. The van der Waals surface area contributed by atoms with E-state index < -0.39 is 0 Å². The number of rotatable bonds is 2. The van der Waals surface area contributed by atoms with Gasteiger partial charge in [0, 0.05) is 22.1 Å². The molecule has 0 amide bonds. The Hall–Kier alpha value is -1.15. The van der Waals surface area contributed by atoms with Gasteiger partial charge in [-0.25, -0.2) is 0 Å². The second-order valence-electron chi connectivity index (χ2n) is 4.18. The van der Waals surface area contributed by atoms with E-state index in [9.17, 15) is 0 Å². The first-order chi connectivity index (χ1) is 7.61. The first kappa shape index (κ1) is 11.3. The number of benzene rings is 1. The largest absolute Gasteiger partial charge is 0.155 e. The molecule has 0 saturated heterocycles. The summed E-state index contributed by atoms with van der Waals surface area (Å²) in [4.78, 5) is 0. The lowest BCUT2D eigenvalue weighted by Gasteiger charge is -2.15. The highest BCUT2D eigenvalue weighted by Gasteiger charge is 2.17. The summed E-state index contributed by atoms with van der Waals surface area (Å²) < 4.78 is 0. The van der Waals surface area contributed by atoms with Gasteiger partial charge in [-0.2, -0.15) is 10.2 Å². The van der Waals surface area contributed by atoms with Gasteiger partial charge < -0.3 is 0 Å². The van der Waals surface area contributed by atoms with Gasteiger partial charge in [-0.05, 0) is 13.8 Å². The average molecular weight is 235 g/mol. The van der Waals surface area contributed by atoms with E-state index in [1.54, 1.807) is 0 Å². The molecule has 2 unspecified atom stereocenters. The molecule has 2 rings (SSSR count). The standard InChI is InChI=1S/C13H15ClN2/c1-8(9(2)14)13-12-7-5-4-6-11(12)10(3)15-16-13/h4-9H,1-3H3. The van der Waals surface area contributed by atoms with Crippen LogP contribution < -0.4 is 0 Å². The number of hydrogen-bond acceptors (Lipinski definition) is 2. The molecule has 1 aromatic heterocycles. The van der Waals surface area contributed by atoms with Gasteiger partial charge in [-0.3, -0.25) is 0 Å². The third kappa shape index (κ3) is 1.90. The smallest absolute Gasteiger partial charge is 0.0752 e. The summed E-state index contributed by atoms with van der Waals surface area (Å²) in [6.45, 7) is 6.06. The molecular weight excluding hydrogens is 220 g/mol. The van der Waals surface area contributed by atoms with E-state index in [-0.39, 0.29) is 11.3 Å². The predicted octanol–water partition coefficient (Wildman–Crippen LogP) is 3.67. The second kappa shape index (κ2) is 4.38. The van der Waals surface area contributed by atoms with Crippen molar-refractivity contribution < 1.29 is 0 Å². The van der Waals surface area contributed by atoms with Crippen LogP contribution in [0.1, 0.15) is 31.2 Å². The summed E-state index contributed by atoms with van der Waals surface area (Å²) in [5.41, 5.74) is 1.96. The lowest BCUT2D eigenvalue weighted by Crippen LogP contribution is -2.09. The quantitative estimate of drug-likeness (QED) is 0.741. The summed E-state index contributed by atoms with van der Waals surface area (Å²) in [6.07, 6.45) is 0. The van der Waals surface area contributed by atoms with Crippen molar-refractivity contribution in [3.63, 3.8) is 0 Å². The van der Waals surface area contributed by atoms with E-state index in [1.807, 2.05) is 26.0 Å². The molecule has 0 aliphatic rings. The number of alkyl halides is 1. The Morgan fingerprint density at radius 1 is 1.06 bits per heavy atom. The molecule has 1 aromatic carbocycles. The zero-order valence-electron chi connectivity index (χ0n) is 9.74. The van der Waals surface area contributed by atoms with Crippen molar-refractivity contribution >= 4 is 22.4 Å². The van der Waals surface area contributed by atoms with Crippen molar-refractivity contribution in [1.82, 2.24) is 10.2 Å². The van der Waals surface area contributed by atoms with Gasteiger partial charge in [-0.1, -0.05) is 31.2 Å². The van der Waals surface area contributed by atoms with Crippen molar-refractivity contribution in [3.05, 3.63) is 35.7 Å². The third-order valence-electron chi connectivity index (χ3n) is 3.02. The molecule has 2 atom stereocenters. The average Bonchev–Trinajstić information content (AvgIpc) is 2.29. The Balaban J connectivity index is 2.67. The zero-order chi connectivity index (χ0) is 11.7. The molecule has 84 valence electrons. The van der Waals surface area contributed by atoms with E-state index in [0.717, 1.165) is 22.2 Å². The van der Waals surface area contributed by atoms with Crippen LogP contribution in [0.4, 0.5) is 0 Å². The van der Waals surface area contributed by atoms with Crippen LogP contribution in [-0.2, 0) is 0 Å². The third-order valence-corrected chi connectivity index (χ3v) is 3.40. The van der Waals surface area contributed by atoms with Crippen LogP contribution >= 0.6 is 11.6 Å². The number of aromatic nitrogens is 2. The molecule has 2 aromatic rings. The molecule has 16 heavy (non-hydrogen) atoms. The fourth-order valence-corrected chi connectivity index (χ4v) is 1.93. The zero-order valence-corrected chi connectivity index (χ0v) is 10.5. The van der Waals surface area contributed by atoms with E-state index in [1.165, 1.54) is 0 Å². The lowest BCUT2D eigenvalue weighted by molar-refractivity contribution is 0.704. The van der Waals surface area contributed by atoms with E-state index in [2.05, 4.69) is 29.3 Å². The molecule has 0 radical (unpaired) electrons. The second-order valence-corrected chi connectivity index (χ2v) is 4.87. The number of aryl methyl sites for hydroxylation is 1. The molecule has 2 nitrogen and oxygen atoms in total. The molecule has 0 spiro atoms. The van der Waals surface area contributed by atoms with Crippen molar-refractivity contribution in [2.45, 2.75) is 32.1 Å². The van der Waals surface area contributed by atoms with Crippen molar-refractivity contribution in [3.8, 4) is 0 Å². The van der Waals surface area contributed by atoms with Crippen molar-refractivity contribution in [2.24, 2.45) is 0 Å². The Morgan fingerprint density at radius 2 is 1.69 bits per heavy atom. The minimum atomic E-state index is 0.0559. The van der Waals surface area contributed by atoms with Crippen LogP contribution in [0.15, 0.2) is 24.3 Å². The maximum atomic E-state index is 6.14. The van der Waals surface area contributed by atoms with Gasteiger partial charge in [0.05, 0.1) is 11.4 Å². The van der Waals surface area contributed by atoms with Crippen molar-refractivity contribution in [2.75, 3.05) is 0 Å². The van der Waals surface area contributed by atoms with E-state index >= 15 is 0 Å². The molecule has 0 saturated carbocycles. The fourth-order valence-electron chi connectivity index (χ4n) is 1.81.